The molecular formula is C37H50HfN4-4. The fourth-order valence-corrected chi connectivity index (χ4v) is 4.13. The second kappa shape index (κ2) is 22.7. The van der Waals surface area contributed by atoms with E-state index in [0.717, 1.165) is 42.8 Å². The minimum atomic E-state index is 0. The zero-order valence-corrected chi connectivity index (χ0v) is 30.3. The summed E-state index contributed by atoms with van der Waals surface area (Å²) < 4.78 is 0. The van der Waals surface area contributed by atoms with Gasteiger partial charge in [-0.25, -0.2) is 6.72 Å². The third-order valence-corrected chi connectivity index (χ3v) is 6.36. The first-order valence-electron chi connectivity index (χ1n) is 14.5. The largest absolute Gasteiger partial charge is 0.817 e. The predicted octanol–water partition coefficient (Wildman–Crippen LogP) is 10.0. The molecule has 0 spiro atoms. The van der Waals surface area contributed by atoms with Gasteiger partial charge in [0.1, 0.15) is 0 Å². The molecule has 1 aliphatic rings. The molecule has 0 radical (unpaired) electrons. The first-order chi connectivity index (χ1) is 19.7. The van der Waals surface area contributed by atoms with Gasteiger partial charge in [0, 0.05) is 38.1 Å². The van der Waals surface area contributed by atoms with Crippen LogP contribution >= 0.6 is 0 Å². The Labute approximate surface area is 276 Å². The fourth-order valence-electron chi connectivity index (χ4n) is 4.13. The molecule has 0 aromatic heterocycles. The van der Waals surface area contributed by atoms with E-state index in [1.165, 1.54) is 28.9 Å². The SMILES string of the molecule is C=[N-].CC(C)c1cccc(C(C)C)c1[N-]C1=CCCCC1=NCCN(C)C.[CH2-]c1ccccc1.[CH2-]c1ccccc1.[Hf]. The summed E-state index contributed by atoms with van der Waals surface area (Å²) in [6.07, 6.45) is 5.61. The maximum absolute atomic E-state index is 6.75. The maximum Gasteiger partial charge on any atom is 0.0519 e. The second-order valence-electron chi connectivity index (χ2n) is 10.8. The van der Waals surface area contributed by atoms with Gasteiger partial charge in [0.25, 0.3) is 0 Å². The summed E-state index contributed by atoms with van der Waals surface area (Å²) in [6, 6.07) is 26.4. The Hall–Kier alpha value is -2.89. The van der Waals surface area contributed by atoms with Crippen LogP contribution in [0.3, 0.4) is 0 Å². The smallest absolute Gasteiger partial charge is 0.0519 e. The van der Waals surface area contributed by atoms with Gasteiger partial charge < -0.3 is 15.6 Å². The van der Waals surface area contributed by atoms with Gasteiger partial charge in [0.2, 0.25) is 0 Å². The van der Waals surface area contributed by atoms with Crippen molar-refractivity contribution in [1.29, 1.82) is 0 Å². The minimum Gasteiger partial charge on any atom is -0.817 e. The van der Waals surface area contributed by atoms with E-state index in [9.17, 15) is 0 Å². The number of para-hydroxylation sites is 1. The van der Waals surface area contributed by atoms with Crippen molar-refractivity contribution in [3.05, 3.63) is 137 Å². The number of rotatable bonds is 7. The normalized spacial score (nSPS) is 13.0. The Kier molecular flexibility index (Phi) is 21.1. The van der Waals surface area contributed by atoms with E-state index in [-0.39, 0.29) is 25.8 Å². The molecule has 42 heavy (non-hydrogen) atoms. The van der Waals surface area contributed by atoms with E-state index in [1.54, 1.807) is 0 Å². The number of hydrogen-bond donors (Lipinski definition) is 0. The van der Waals surface area contributed by atoms with Crippen molar-refractivity contribution in [2.75, 3.05) is 27.2 Å². The Morgan fingerprint density at radius 3 is 1.67 bits per heavy atom. The van der Waals surface area contributed by atoms with Crippen LogP contribution in [0.1, 0.15) is 81.0 Å². The minimum absolute atomic E-state index is 0. The van der Waals surface area contributed by atoms with E-state index in [2.05, 4.69) is 91.5 Å². The van der Waals surface area contributed by atoms with Gasteiger partial charge >= 0.3 is 0 Å². The molecule has 5 heteroatoms. The van der Waals surface area contributed by atoms with Crippen LogP contribution in [0.15, 0.2) is 95.6 Å². The number of aliphatic imine (C=N–C) groups is 1. The summed E-state index contributed by atoms with van der Waals surface area (Å²) in [6.45, 7) is 20.5. The van der Waals surface area contributed by atoms with Crippen molar-refractivity contribution >= 4 is 18.1 Å². The van der Waals surface area contributed by atoms with Crippen molar-refractivity contribution in [1.82, 2.24) is 4.90 Å². The van der Waals surface area contributed by atoms with Crippen LogP contribution in [0.4, 0.5) is 5.69 Å². The van der Waals surface area contributed by atoms with Gasteiger partial charge in [-0.05, 0) is 45.2 Å². The standard InChI is InChI=1S/C22H34N3.2C7H7.CH2N.Hf/c1-16(2)18-10-9-11-19(17(3)4)22(18)24-21-13-8-7-12-20(21)23-14-15-25(5)6;2*1-7-5-3-2-4-6-7;1-2;/h9-11,13,16-17H,7-8,12,14-15H2,1-6H3;2*2-6H,1H2;1H2;/q4*-1;. The maximum atomic E-state index is 6.75. The van der Waals surface area contributed by atoms with Crippen LogP contribution < -0.4 is 0 Å². The molecule has 226 valence electrons. The van der Waals surface area contributed by atoms with E-state index in [4.69, 9.17) is 15.7 Å². The Morgan fingerprint density at radius 1 is 0.810 bits per heavy atom. The number of hydrogen-bond acceptors (Lipinski definition) is 2. The van der Waals surface area contributed by atoms with Crippen LogP contribution in [0.2, 0.25) is 0 Å². The van der Waals surface area contributed by atoms with Crippen LogP contribution in [0, 0.1) is 13.8 Å². The topological polar surface area (TPSA) is 52.0 Å². The molecule has 3 aromatic rings. The summed E-state index contributed by atoms with van der Waals surface area (Å²) in [4.78, 5) is 7.04. The molecule has 0 bridgehead atoms. The molecule has 0 N–H and O–H groups in total. The molecule has 0 aliphatic heterocycles. The van der Waals surface area contributed by atoms with Crippen LogP contribution in [-0.2, 0) is 25.8 Å². The van der Waals surface area contributed by atoms with Gasteiger partial charge in [-0.2, -0.15) is 49.2 Å². The van der Waals surface area contributed by atoms with Gasteiger partial charge in [0.15, 0.2) is 0 Å². The monoisotopic (exact) mass is 730 g/mol. The predicted molar refractivity (Wildman–Crippen MR) is 183 cm³/mol. The second-order valence-corrected chi connectivity index (χ2v) is 10.8. The third kappa shape index (κ3) is 15.4. The molecule has 3 aromatic carbocycles. The van der Waals surface area contributed by atoms with Gasteiger partial charge in [-0.1, -0.05) is 75.2 Å². The molecule has 0 fully saturated rings. The number of nitrogens with zero attached hydrogens (tertiary/aromatic N) is 4. The molecule has 4 rings (SSSR count). The molecule has 4 nitrogen and oxygen atoms in total. The Balaban J connectivity index is 0.000000801. The van der Waals surface area contributed by atoms with Crippen molar-refractivity contribution in [3.8, 4) is 0 Å². The molecule has 1 aliphatic carbocycles. The summed E-state index contributed by atoms with van der Waals surface area (Å²) in [5.74, 6) is 0.937. The summed E-state index contributed by atoms with van der Waals surface area (Å²) in [5, 5.41) is 11.9. The zero-order valence-electron chi connectivity index (χ0n) is 26.7. The van der Waals surface area contributed by atoms with Gasteiger partial charge in [0.05, 0.1) is 6.54 Å². The van der Waals surface area contributed by atoms with Crippen molar-refractivity contribution < 1.29 is 25.8 Å². The third-order valence-electron chi connectivity index (χ3n) is 6.36. The van der Waals surface area contributed by atoms with Crippen molar-refractivity contribution in [2.24, 2.45) is 4.99 Å². The number of likely N-dealkylation sites (N-methyl/N-ethyl adjacent to an activating group) is 1. The molecule has 0 heterocycles. The van der Waals surface area contributed by atoms with Gasteiger partial charge in [-0.15, -0.1) is 35.6 Å². The Bertz CT molecular complexity index is 1110. The van der Waals surface area contributed by atoms with E-state index in [1.807, 2.05) is 60.7 Å². The van der Waals surface area contributed by atoms with Crippen LogP contribution in [0.5, 0.6) is 0 Å². The van der Waals surface area contributed by atoms with Crippen LogP contribution in [-0.4, -0.2) is 44.5 Å². The summed E-state index contributed by atoms with van der Waals surface area (Å²) in [7, 11) is 4.19. The van der Waals surface area contributed by atoms with E-state index >= 15 is 0 Å². The first-order valence-corrected chi connectivity index (χ1v) is 14.5. The van der Waals surface area contributed by atoms with E-state index in [0.29, 0.717) is 11.8 Å². The Morgan fingerprint density at radius 2 is 1.29 bits per heavy atom. The summed E-state index contributed by atoms with van der Waals surface area (Å²) >= 11 is 0. The molecule has 0 saturated heterocycles. The van der Waals surface area contributed by atoms with Crippen LogP contribution in [0.25, 0.3) is 10.7 Å². The van der Waals surface area contributed by atoms with E-state index < -0.39 is 0 Å². The quantitative estimate of drug-likeness (QED) is 0.136. The number of allylic oxidation sites excluding steroid dienone is 2. The van der Waals surface area contributed by atoms with Crippen molar-refractivity contribution in [2.45, 2.75) is 58.8 Å². The fraction of sp³-hybridized carbons (Fsp3) is 0.351. The number of benzene rings is 3. The van der Waals surface area contributed by atoms with Gasteiger partial charge in [-0.3, -0.25) is 4.99 Å². The zero-order chi connectivity index (χ0) is 30.6. The molecule has 0 atom stereocenters. The molecular weight excluding hydrogens is 679 g/mol. The first kappa shape index (κ1) is 39.1. The summed E-state index contributed by atoms with van der Waals surface area (Å²) in [5.41, 5.74) is 8.27. The average Bonchev–Trinajstić information content (AvgIpc) is 2.96. The average molecular weight is 729 g/mol. The van der Waals surface area contributed by atoms with Crippen molar-refractivity contribution in [3.63, 3.8) is 0 Å². The molecule has 0 saturated carbocycles. The molecule has 0 amide bonds. The molecule has 0 unspecified atom stereocenters.